The minimum absolute atomic E-state index is 0.337. The lowest BCUT2D eigenvalue weighted by Gasteiger charge is -2.24. The molecule has 0 fully saturated rings. The average Bonchev–Trinajstić information content (AvgIpc) is 2.34. The van der Waals surface area contributed by atoms with Crippen LogP contribution in [0.4, 0.5) is 4.79 Å². The number of carboxylic acids is 1. The highest BCUT2D eigenvalue weighted by atomic mass is 16.6. The van der Waals surface area contributed by atoms with Crippen LogP contribution in [0.15, 0.2) is 24.5 Å². The first-order valence-corrected chi connectivity index (χ1v) is 6.01. The third kappa shape index (κ3) is 4.85. The van der Waals surface area contributed by atoms with Gasteiger partial charge in [-0.05, 0) is 38.5 Å². The average molecular weight is 282 g/mol. The fraction of sp³-hybridized carbons (Fsp3) is 0.462. The van der Waals surface area contributed by atoms with Crippen LogP contribution in [0.2, 0.25) is 0 Å². The molecule has 1 rings (SSSR count). The van der Waals surface area contributed by atoms with Crippen molar-refractivity contribution < 1.29 is 24.5 Å². The van der Waals surface area contributed by atoms with Crippen molar-refractivity contribution in [1.82, 2.24) is 10.3 Å². The molecule has 0 aliphatic rings. The molecule has 0 saturated carbocycles. The Morgan fingerprint density at radius 3 is 2.30 bits per heavy atom. The van der Waals surface area contributed by atoms with Crippen molar-refractivity contribution in [2.75, 3.05) is 0 Å². The molecule has 1 aromatic heterocycles. The Hall–Kier alpha value is -2.15. The van der Waals surface area contributed by atoms with Gasteiger partial charge in [0, 0.05) is 12.4 Å². The topological polar surface area (TPSA) is 109 Å². The third-order valence-corrected chi connectivity index (χ3v) is 2.30. The van der Waals surface area contributed by atoms with Gasteiger partial charge in [0.15, 0.2) is 6.04 Å². The summed E-state index contributed by atoms with van der Waals surface area (Å²) in [6.07, 6.45) is 0.539. The van der Waals surface area contributed by atoms with Crippen molar-refractivity contribution >= 4 is 12.1 Å². The molecule has 3 N–H and O–H groups in total. The zero-order valence-electron chi connectivity index (χ0n) is 11.5. The number of nitrogens with one attached hydrogen (secondary N) is 1. The molecule has 0 bridgehead atoms. The second kappa shape index (κ2) is 6.33. The molecule has 0 aliphatic carbocycles. The maximum absolute atomic E-state index is 11.6. The number of ether oxygens (including phenoxy) is 1. The molecule has 1 heterocycles. The van der Waals surface area contributed by atoms with Gasteiger partial charge < -0.3 is 20.3 Å². The van der Waals surface area contributed by atoms with Gasteiger partial charge in [0.1, 0.15) is 11.7 Å². The van der Waals surface area contributed by atoms with E-state index in [1.807, 2.05) is 0 Å². The number of aliphatic hydroxyl groups excluding tert-OH is 1. The Bertz CT molecular complexity index is 469. The van der Waals surface area contributed by atoms with E-state index >= 15 is 0 Å². The number of carbonyl (C=O) groups is 2. The lowest BCUT2D eigenvalue weighted by Crippen LogP contribution is -2.46. The highest BCUT2D eigenvalue weighted by Gasteiger charge is 2.31. The number of amides is 1. The number of carbonyl (C=O) groups excluding carboxylic acids is 1. The minimum Gasteiger partial charge on any atom is -0.480 e. The summed E-state index contributed by atoms with van der Waals surface area (Å²) in [6.45, 7) is 4.96. The van der Waals surface area contributed by atoms with Crippen molar-refractivity contribution in [3.05, 3.63) is 30.1 Å². The molecule has 7 nitrogen and oxygen atoms in total. The minimum atomic E-state index is -1.51. The number of hydrogen-bond acceptors (Lipinski definition) is 5. The zero-order valence-corrected chi connectivity index (χ0v) is 11.5. The van der Waals surface area contributed by atoms with E-state index < -0.39 is 29.8 Å². The largest absolute Gasteiger partial charge is 0.480 e. The lowest BCUT2D eigenvalue weighted by molar-refractivity contribution is -0.142. The van der Waals surface area contributed by atoms with Crippen molar-refractivity contribution in [1.29, 1.82) is 0 Å². The molecule has 7 heteroatoms. The number of carboxylic acid groups (broad SMARTS) is 1. The first kappa shape index (κ1) is 15.9. The van der Waals surface area contributed by atoms with Gasteiger partial charge in [0.25, 0.3) is 0 Å². The molecule has 0 aliphatic heterocycles. The normalized spacial score (nSPS) is 14.2. The summed E-state index contributed by atoms with van der Waals surface area (Å²) in [5.74, 6) is -1.36. The fourth-order valence-electron chi connectivity index (χ4n) is 1.46. The fourth-order valence-corrected chi connectivity index (χ4v) is 1.46. The Kier molecular flexibility index (Phi) is 5.04. The monoisotopic (exact) mass is 282 g/mol. The molecule has 0 spiro atoms. The summed E-state index contributed by atoms with van der Waals surface area (Å²) in [5, 5.41) is 21.3. The Morgan fingerprint density at radius 1 is 1.30 bits per heavy atom. The van der Waals surface area contributed by atoms with Crippen LogP contribution in [0.5, 0.6) is 0 Å². The molecule has 1 unspecified atom stereocenters. The van der Waals surface area contributed by atoms with Crippen LogP contribution in [0, 0.1) is 0 Å². The van der Waals surface area contributed by atoms with Gasteiger partial charge in [-0.15, -0.1) is 0 Å². The molecule has 1 amide bonds. The van der Waals surface area contributed by atoms with Crippen LogP contribution in [0.3, 0.4) is 0 Å². The number of aliphatic hydroxyl groups is 1. The number of rotatable bonds is 4. The second-order valence-corrected chi connectivity index (χ2v) is 5.19. The van der Waals surface area contributed by atoms with Gasteiger partial charge in [-0.3, -0.25) is 4.98 Å². The molecular weight excluding hydrogens is 264 g/mol. The van der Waals surface area contributed by atoms with E-state index in [0.29, 0.717) is 5.56 Å². The quantitative estimate of drug-likeness (QED) is 0.762. The number of nitrogens with zero attached hydrogens (tertiary/aromatic N) is 1. The first-order chi connectivity index (χ1) is 9.20. The highest BCUT2D eigenvalue weighted by Crippen LogP contribution is 2.17. The van der Waals surface area contributed by atoms with Crippen LogP contribution in [0.25, 0.3) is 0 Å². The van der Waals surface area contributed by atoms with E-state index in [1.54, 1.807) is 20.8 Å². The van der Waals surface area contributed by atoms with Gasteiger partial charge >= 0.3 is 12.1 Å². The van der Waals surface area contributed by atoms with Gasteiger partial charge in [-0.1, -0.05) is 0 Å². The molecule has 0 aromatic carbocycles. The molecular formula is C13H18N2O5. The molecule has 20 heavy (non-hydrogen) atoms. The SMILES string of the molecule is CC(C)(C)OC(=O)NC(C(=O)O)[C@H](O)c1ccncc1. The van der Waals surface area contributed by atoms with E-state index in [0.717, 1.165) is 0 Å². The van der Waals surface area contributed by atoms with E-state index in [1.165, 1.54) is 24.5 Å². The number of hydrogen-bond donors (Lipinski definition) is 3. The van der Waals surface area contributed by atoms with Crippen LogP contribution >= 0.6 is 0 Å². The van der Waals surface area contributed by atoms with Crippen molar-refractivity contribution in [3.63, 3.8) is 0 Å². The Balaban J connectivity index is 2.80. The van der Waals surface area contributed by atoms with Crippen LogP contribution in [-0.4, -0.2) is 38.9 Å². The number of pyridine rings is 1. The summed E-state index contributed by atoms with van der Waals surface area (Å²) < 4.78 is 4.97. The van der Waals surface area contributed by atoms with Crippen molar-refractivity contribution in [2.45, 2.75) is 38.5 Å². The maximum atomic E-state index is 11.6. The molecule has 0 saturated heterocycles. The zero-order chi connectivity index (χ0) is 15.3. The summed E-state index contributed by atoms with van der Waals surface area (Å²) in [4.78, 5) is 26.5. The Morgan fingerprint density at radius 2 is 1.85 bits per heavy atom. The lowest BCUT2D eigenvalue weighted by atomic mass is 10.0. The second-order valence-electron chi connectivity index (χ2n) is 5.19. The predicted molar refractivity (Wildman–Crippen MR) is 70.0 cm³/mol. The molecule has 1 aromatic rings. The van der Waals surface area contributed by atoms with Crippen molar-refractivity contribution in [2.24, 2.45) is 0 Å². The number of aliphatic carboxylic acids is 1. The summed E-state index contributed by atoms with van der Waals surface area (Å²) in [5.41, 5.74) is -0.419. The number of aromatic nitrogens is 1. The number of alkyl carbamates (subject to hydrolysis) is 1. The Labute approximate surface area is 116 Å². The van der Waals surface area contributed by atoms with E-state index in [-0.39, 0.29) is 0 Å². The van der Waals surface area contributed by atoms with Crippen LogP contribution in [0.1, 0.15) is 32.4 Å². The van der Waals surface area contributed by atoms with Gasteiger partial charge in [0.2, 0.25) is 0 Å². The summed E-state index contributed by atoms with van der Waals surface area (Å²) in [7, 11) is 0. The van der Waals surface area contributed by atoms with E-state index in [9.17, 15) is 14.7 Å². The van der Waals surface area contributed by atoms with Gasteiger partial charge in [-0.25, -0.2) is 9.59 Å². The predicted octanol–water partition coefficient (Wildman–Crippen LogP) is 1.09. The van der Waals surface area contributed by atoms with E-state index in [4.69, 9.17) is 9.84 Å². The van der Waals surface area contributed by atoms with Crippen LogP contribution in [-0.2, 0) is 9.53 Å². The maximum Gasteiger partial charge on any atom is 0.408 e. The van der Waals surface area contributed by atoms with Gasteiger partial charge in [0.05, 0.1) is 0 Å². The van der Waals surface area contributed by atoms with Crippen LogP contribution < -0.4 is 5.32 Å². The summed E-state index contributed by atoms with van der Waals surface area (Å²) in [6, 6.07) is 1.43. The molecule has 0 radical (unpaired) electrons. The third-order valence-electron chi connectivity index (χ3n) is 2.30. The highest BCUT2D eigenvalue weighted by molar-refractivity contribution is 5.80. The smallest absolute Gasteiger partial charge is 0.408 e. The van der Waals surface area contributed by atoms with Gasteiger partial charge in [-0.2, -0.15) is 0 Å². The van der Waals surface area contributed by atoms with Crippen molar-refractivity contribution in [3.8, 4) is 0 Å². The molecule has 110 valence electrons. The summed E-state index contributed by atoms with van der Waals surface area (Å²) >= 11 is 0. The van der Waals surface area contributed by atoms with E-state index in [2.05, 4.69) is 10.3 Å². The molecule has 2 atom stereocenters. The standard InChI is InChI=1S/C13H18N2O5/c1-13(2,3)20-12(19)15-9(11(17)18)10(16)8-4-6-14-7-5-8/h4-7,9-10,16H,1-3H3,(H,15,19)(H,17,18)/t9?,10-/m1/s1. The first-order valence-electron chi connectivity index (χ1n) is 6.01.